The van der Waals surface area contributed by atoms with Gasteiger partial charge in [-0.25, -0.2) is 4.79 Å². The molecule has 0 radical (unpaired) electrons. The van der Waals surface area contributed by atoms with Crippen LogP contribution in [0.1, 0.15) is 35.2 Å². The predicted octanol–water partition coefficient (Wildman–Crippen LogP) is 2.23. The van der Waals surface area contributed by atoms with Gasteiger partial charge in [0.15, 0.2) is 0 Å². The molecule has 0 fully saturated rings. The molecule has 17 heavy (non-hydrogen) atoms. The summed E-state index contributed by atoms with van der Waals surface area (Å²) in [4.78, 5) is 10.8. The van der Waals surface area contributed by atoms with Gasteiger partial charge < -0.3 is 19.0 Å². The summed E-state index contributed by atoms with van der Waals surface area (Å²) in [5.41, 5.74) is 0.186. The minimum atomic E-state index is -0.983. The maximum Gasteiger partial charge on any atom is 0.339 e. The molecular weight excluding hydrogens is 224 g/mol. The van der Waals surface area contributed by atoms with E-state index in [1.54, 1.807) is 6.92 Å². The summed E-state index contributed by atoms with van der Waals surface area (Å²) in [6.45, 7) is 5.68. The minimum Gasteiger partial charge on any atom is -0.478 e. The highest BCUT2D eigenvalue weighted by Crippen LogP contribution is 2.15. The van der Waals surface area contributed by atoms with E-state index in [-0.39, 0.29) is 12.2 Å². The SMILES string of the molecule is CCCOCCOCc1cc(C(=O)O)c(C)o1. The van der Waals surface area contributed by atoms with E-state index >= 15 is 0 Å². The van der Waals surface area contributed by atoms with E-state index in [1.165, 1.54) is 6.07 Å². The normalized spacial score (nSPS) is 10.7. The number of furan rings is 1. The zero-order valence-electron chi connectivity index (χ0n) is 10.2. The van der Waals surface area contributed by atoms with Gasteiger partial charge in [0.1, 0.15) is 23.7 Å². The first-order valence-electron chi connectivity index (χ1n) is 5.63. The molecule has 1 heterocycles. The summed E-state index contributed by atoms with van der Waals surface area (Å²) in [5, 5.41) is 8.83. The van der Waals surface area contributed by atoms with E-state index in [9.17, 15) is 4.79 Å². The molecule has 0 aliphatic heterocycles. The molecule has 96 valence electrons. The van der Waals surface area contributed by atoms with Gasteiger partial charge >= 0.3 is 5.97 Å². The second-order valence-corrected chi connectivity index (χ2v) is 3.65. The summed E-state index contributed by atoms with van der Waals surface area (Å²) < 4.78 is 15.8. The molecule has 0 saturated heterocycles. The number of aromatic carboxylic acids is 1. The van der Waals surface area contributed by atoms with Gasteiger partial charge in [-0.2, -0.15) is 0 Å². The third kappa shape index (κ3) is 4.58. The van der Waals surface area contributed by atoms with Crippen molar-refractivity contribution in [3.63, 3.8) is 0 Å². The molecule has 0 aromatic carbocycles. The molecule has 0 bridgehead atoms. The number of carboxylic acid groups (broad SMARTS) is 1. The molecule has 1 aromatic rings. The highest BCUT2D eigenvalue weighted by molar-refractivity contribution is 5.88. The van der Waals surface area contributed by atoms with Crippen LogP contribution in [0.2, 0.25) is 0 Å². The number of hydrogen-bond donors (Lipinski definition) is 1. The Hall–Kier alpha value is -1.33. The topological polar surface area (TPSA) is 68.9 Å². The van der Waals surface area contributed by atoms with Crippen LogP contribution < -0.4 is 0 Å². The molecule has 0 saturated carbocycles. The van der Waals surface area contributed by atoms with Crippen LogP contribution >= 0.6 is 0 Å². The molecule has 0 unspecified atom stereocenters. The first kappa shape index (κ1) is 13.7. The number of carboxylic acids is 1. The first-order valence-corrected chi connectivity index (χ1v) is 5.63. The van der Waals surface area contributed by atoms with Crippen molar-refractivity contribution in [3.05, 3.63) is 23.2 Å². The second kappa shape index (κ2) is 7.09. The van der Waals surface area contributed by atoms with Crippen molar-refractivity contribution in [1.82, 2.24) is 0 Å². The maximum absolute atomic E-state index is 10.8. The average molecular weight is 242 g/mol. The smallest absolute Gasteiger partial charge is 0.339 e. The molecule has 1 aromatic heterocycles. The van der Waals surface area contributed by atoms with Crippen molar-refractivity contribution in [1.29, 1.82) is 0 Å². The molecule has 0 aliphatic carbocycles. The summed E-state index contributed by atoms with van der Waals surface area (Å²) in [5.74, 6) is -0.0579. The summed E-state index contributed by atoms with van der Waals surface area (Å²) >= 11 is 0. The van der Waals surface area contributed by atoms with Gasteiger partial charge in [0.2, 0.25) is 0 Å². The van der Waals surface area contributed by atoms with E-state index < -0.39 is 5.97 Å². The largest absolute Gasteiger partial charge is 0.478 e. The Kier molecular flexibility index (Phi) is 5.72. The third-order valence-corrected chi connectivity index (χ3v) is 2.16. The van der Waals surface area contributed by atoms with Crippen molar-refractivity contribution >= 4 is 5.97 Å². The van der Waals surface area contributed by atoms with Crippen LogP contribution in [0.5, 0.6) is 0 Å². The molecular formula is C12H18O5. The molecule has 5 nitrogen and oxygen atoms in total. The van der Waals surface area contributed by atoms with E-state index in [2.05, 4.69) is 0 Å². The Balaban J connectivity index is 2.27. The molecule has 0 aliphatic rings. The number of carbonyl (C=O) groups is 1. The Morgan fingerprint density at radius 2 is 2.06 bits per heavy atom. The average Bonchev–Trinajstić information content (AvgIpc) is 2.65. The van der Waals surface area contributed by atoms with E-state index in [4.69, 9.17) is 19.0 Å². The van der Waals surface area contributed by atoms with E-state index in [0.717, 1.165) is 13.0 Å². The lowest BCUT2D eigenvalue weighted by Gasteiger charge is -2.02. The lowest BCUT2D eigenvalue weighted by Crippen LogP contribution is -2.04. The minimum absolute atomic E-state index is 0.186. The van der Waals surface area contributed by atoms with Crippen LogP contribution in [-0.2, 0) is 16.1 Å². The van der Waals surface area contributed by atoms with Crippen LogP contribution in [0.25, 0.3) is 0 Å². The van der Waals surface area contributed by atoms with Crippen LogP contribution in [0.3, 0.4) is 0 Å². The molecule has 5 heteroatoms. The molecule has 1 N–H and O–H groups in total. The van der Waals surface area contributed by atoms with Gasteiger partial charge in [-0.3, -0.25) is 0 Å². The van der Waals surface area contributed by atoms with Gasteiger partial charge in [-0.1, -0.05) is 6.92 Å². The fraction of sp³-hybridized carbons (Fsp3) is 0.583. The highest BCUT2D eigenvalue weighted by atomic mass is 16.5. The Labute approximate surface area is 100 Å². The lowest BCUT2D eigenvalue weighted by atomic mass is 10.2. The number of hydrogen-bond acceptors (Lipinski definition) is 4. The molecule has 1 rings (SSSR count). The van der Waals surface area contributed by atoms with Crippen molar-refractivity contribution in [2.24, 2.45) is 0 Å². The van der Waals surface area contributed by atoms with Gasteiger partial charge in [-0.15, -0.1) is 0 Å². The van der Waals surface area contributed by atoms with Crippen LogP contribution in [0.15, 0.2) is 10.5 Å². The standard InChI is InChI=1S/C12H18O5/c1-3-4-15-5-6-16-8-10-7-11(12(13)14)9(2)17-10/h7H,3-6,8H2,1-2H3,(H,13,14). The van der Waals surface area contributed by atoms with Crippen LogP contribution in [0.4, 0.5) is 0 Å². The molecule has 0 atom stereocenters. The lowest BCUT2D eigenvalue weighted by molar-refractivity contribution is 0.0348. The zero-order chi connectivity index (χ0) is 12.7. The van der Waals surface area contributed by atoms with Crippen molar-refractivity contribution in [2.75, 3.05) is 19.8 Å². The Morgan fingerprint density at radius 1 is 1.35 bits per heavy atom. The highest BCUT2D eigenvalue weighted by Gasteiger charge is 2.13. The Morgan fingerprint density at radius 3 is 2.65 bits per heavy atom. The Bertz CT molecular complexity index is 356. The number of ether oxygens (including phenoxy) is 2. The fourth-order valence-electron chi connectivity index (χ4n) is 1.36. The van der Waals surface area contributed by atoms with Crippen molar-refractivity contribution < 1.29 is 23.8 Å². The van der Waals surface area contributed by atoms with E-state index in [0.29, 0.717) is 24.7 Å². The van der Waals surface area contributed by atoms with E-state index in [1.807, 2.05) is 6.92 Å². The summed E-state index contributed by atoms with van der Waals surface area (Å²) in [6, 6.07) is 1.49. The van der Waals surface area contributed by atoms with Crippen molar-refractivity contribution in [2.45, 2.75) is 26.9 Å². The first-order chi connectivity index (χ1) is 8.15. The molecule has 0 amide bonds. The van der Waals surface area contributed by atoms with Gasteiger partial charge in [0.25, 0.3) is 0 Å². The molecule has 0 spiro atoms. The predicted molar refractivity (Wildman–Crippen MR) is 61.2 cm³/mol. The third-order valence-electron chi connectivity index (χ3n) is 2.16. The second-order valence-electron chi connectivity index (χ2n) is 3.65. The quantitative estimate of drug-likeness (QED) is 0.708. The van der Waals surface area contributed by atoms with Gasteiger partial charge in [-0.05, 0) is 19.4 Å². The van der Waals surface area contributed by atoms with Gasteiger partial charge in [0, 0.05) is 6.61 Å². The fourth-order valence-corrected chi connectivity index (χ4v) is 1.36. The maximum atomic E-state index is 10.8. The monoisotopic (exact) mass is 242 g/mol. The number of rotatable bonds is 8. The van der Waals surface area contributed by atoms with Crippen molar-refractivity contribution in [3.8, 4) is 0 Å². The summed E-state index contributed by atoms with van der Waals surface area (Å²) in [7, 11) is 0. The van der Waals surface area contributed by atoms with Gasteiger partial charge in [0.05, 0.1) is 13.2 Å². The summed E-state index contributed by atoms with van der Waals surface area (Å²) in [6.07, 6.45) is 0.985. The van der Waals surface area contributed by atoms with Crippen LogP contribution in [-0.4, -0.2) is 30.9 Å². The van der Waals surface area contributed by atoms with Crippen LogP contribution in [0, 0.1) is 6.92 Å². The number of aryl methyl sites for hydroxylation is 1. The zero-order valence-corrected chi connectivity index (χ0v) is 10.2.